The molecule has 0 aromatic carbocycles. The summed E-state index contributed by atoms with van der Waals surface area (Å²) in [5, 5.41) is 9.47. The molecule has 0 radical (unpaired) electrons. The van der Waals surface area contributed by atoms with E-state index < -0.39 is 33.8 Å². The van der Waals surface area contributed by atoms with Crippen LogP contribution in [0.3, 0.4) is 0 Å². The van der Waals surface area contributed by atoms with Gasteiger partial charge in [0.2, 0.25) is 0 Å². The highest BCUT2D eigenvalue weighted by molar-refractivity contribution is 6.89. The lowest BCUT2D eigenvalue weighted by Crippen LogP contribution is -2.56. The highest BCUT2D eigenvalue weighted by Gasteiger charge is 2.43. The van der Waals surface area contributed by atoms with Crippen LogP contribution in [0.4, 0.5) is 0 Å². The lowest BCUT2D eigenvalue weighted by Gasteiger charge is -2.41. The van der Waals surface area contributed by atoms with Gasteiger partial charge in [0.1, 0.15) is 6.61 Å². The van der Waals surface area contributed by atoms with Gasteiger partial charge in [0.05, 0.1) is 27.2 Å². The summed E-state index contributed by atoms with van der Waals surface area (Å²) in [6.45, 7) is 25.0. The molecule has 0 aliphatic carbocycles. The van der Waals surface area contributed by atoms with E-state index >= 15 is 0 Å². The van der Waals surface area contributed by atoms with E-state index in [9.17, 15) is 9.90 Å². The summed E-state index contributed by atoms with van der Waals surface area (Å²) in [5.41, 5.74) is 0.396. The summed E-state index contributed by atoms with van der Waals surface area (Å²) in [5.74, 6) is -0.380. The van der Waals surface area contributed by atoms with Crippen molar-refractivity contribution in [1.29, 1.82) is 0 Å². The molecular formula is C23H54NO7Si4+. The molecule has 0 spiro atoms. The fourth-order valence-corrected chi connectivity index (χ4v) is 23.4. The van der Waals surface area contributed by atoms with Gasteiger partial charge in [-0.15, -0.1) is 0 Å². The number of nitrogens with zero attached hydrogens (tertiary/aromatic N) is 1. The molecule has 0 unspecified atom stereocenters. The molecule has 8 nitrogen and oxygen atoms in total. The quantitative estimate of drug-likeness (QED) is 0.0599. The van der Waals surface area contributed by atoms with Crippen molar-refractivity contribution in [2.75, 3.05) is 47.2 Å². The number of ether oxygens (including phenoxy) is 2. The third-order valence-electron chi connectivity index (χ3n) is 5.34. The van der Waals surface area contributed by atoms with E-state index in [1.165, 1.54) is 0 Å². The van der Waals surface area contributed by atoms with E-state index in [1.54, 1.807) is 6.92 Å². The highest BCUT2D eigenvalue weighted by Crippen LogP contribution is 2.27. The SMILES string of the molecule is C=C(C)C(=O)OCCOCCC[Si](C)(C)O[Si](C)(C)O[Si](C)(C)O[Si](C)(C)CCC[N+](C)(C)CO. The van der Waals surface area contributed by atoms with Crippen LogP contribution in [0.25, 0.3) is 0 Å². The summed E-state index contributed by atoms with van der Waals surface area (Å²) >= 11 is 0. The van der Waals surface area contributed by atoms with Gasteiger partial charge in [-0.3, -0.25) is 0 Å². The number of esters is 1. The maximum atomic E-state index is 11.4. The minimum absolute atomic E-state index is 0.153. The highest BCUT2D eigenvalue weighted by atomic mass is 28.5. The van der Waals surface area contributed by atoms with E-state index in [0.717, 1.165) is 31.5 Å². The second kappa shape index (κ2) is 14.7. The molecule has 0 rings (SSSR count). The van der Waals surface area contributed by atoms with Crippen LogP contribution in [0.1, 0.15) is 19.8 Å². The smallest absolute Gasteiger partial charge is 0.333 e. The van der Waals surface area contributed by atoms with Gasteiger partial charge >= 0.3 is 23.1 Å². The van der Waals surface area contributed by atoms with E-state index in [-0.39, 0.29) is 19.3 Å². The molecule has 0 aliphatic heterocycles. The molecule has 0 aromatic rings. The molecule has 12 heteroatoms. The minimum atomic E-state index is -2.37. The van der Waals surface area contributed by atoms with Crippen molar-refractivity contribution in [2.24, 2.45) is 0 Å². The van der Waals surface area contributed by atoms with Crippen LogP contribution in [0.2, 0.25) is 64.5 Å². The van der Waals surface area contributed by atoms with E-state index in [4.69, 9.17) is 21.8 Å². The molecule has 0 amide bonds. The zero-order valence-electron chi connectivity index (χ0n) is 24.4. The number of carbonyl (C=O) groups is 1. The number of hydrogen-bond donors (Lipinski definition) is 1. The summed E-state index contributed by atoms with van der Waals surface area (Å²) in [6.07, 6.45) is 1.94. The molecule has 35 heavy (non-hydrogen) atoms. The maximum Gasteiger partial charge on any atom is 0.333 e. The predicted molar refractivity (Wildman–Crippen MR) is 153 cm³/mol. The lowest BCUT2D eigenvalue weighted by atomic mass is 10.4. The Labute approximate surface area is 219 Å². The van der Waals surface area contributed by atoms with Gasteiger partial charge in [0.25, 0.3) is 0 Å². The first-order chi connectivity index (χ1) is 15.7. The number of hydrogen-bond acceptors (Lipinski definition) is 7. The predicted octanol–water partition coefficient (Wildman–Crippen LogP) is 4.79. The van der Waals surface area contributed by atoms with E-state index in [2.05, 4.69) is 59.0 Å². The number of carbonyl (C=O) groups excluding carboxylic acids is 1. The average molecular weight is 569 g/mol. The first-order valence-electron chi connectivity index (χ1n) is 12.7. The van der Waals surface area contributed by atoms with Crippen molar-refractivity contribution < 1.29 is 36.2 Å². The third-order valence-corrected chi connectivity index (χ3v) is 20.7. The molecule has 208 valence electrons. The molecule has 0 saturated carbocycles. The number of quaternary nitrogens is 1. The van der Waals surface area contributed by atoms with Gasteiger partial charge < -0.3 is 31.4 Å². The summed E-state index contributed by atoms with van der Waals surface area (Å²) < 4.78 is 31.2. The summed E-state index contributed by atoms with van der Waals surface area (Å²) in [4.78, 5) is 11.4. The Kier molecular flexibility index (Phi) is 14.6. The van der Waals surface area contributed by atoms with Crippen LogP contribution in [-0.2, 0) is 26.6 Å². The minimum Gasteiger partial charge on any atom is -0.460 e. The zero-order chi connectivity index (χ0) is 27.6. The molecule has 0 aromatic heterocycles. The molecule has 0 heterocycles. The van der Waals surface area contributed by atoms with Crippen LogP contribution in [0.5, 0.6) is 0 Å². The van der Waals surface area contributed by atoms with Gasteiger partial charge in [0, 0.05) is 12.2 Å². The van der Waals surface area contributed by atoms with Crippen molar-refractivity contribution in [3.8, 4) is 0 Å². The first kappa shape index (κ1) is 34.8. The number of aliphatic hydroxyl groups is 1. The Hall–Kier alpha value is -0.162. The Bertz CT molecular complexity index is 670. The molecule has 0 atom stereocenters. The molecule has 0 aliphatic rings. The van der Waals surface area contributed by atoms with Crippen LogP contribution in [0.15, 0.2) is 12.2 Å². The molecule has 1 N–H and O–H groups in total. The Morgan fingerprint density at radius 1 is 0.800 bits per heavy atom. The fourth-order valence-electron chi connectivity index (χ4n) is 4.09. The van der Waals surface area contributed by atoms with Crippen LogP contribution >= 0.6 is 0 Å². The molecule has 0 saturated heterocycles. The maximum absolute atomic E-state index is 11.4. The van der Waals surface area contributed by atoms with Crippen LogP contribution < -0.4 is 0 Å². The average Bonchev–Trinajstić information content (AvgIpc) is 2.63. The van der Waals surface area contributed by atoms with Crippen LogP contribution in [-0.4, -0.2) is 96.5 Å². The normalized spacial score (nSPS) is 13.7. The molecule has 0 bridgehead atoms. The number of rotatable bonds is 19. The largest absolute Gasteiger partial charge is 0.460 e. The van der Waals surface area contributed by atoms with E-state index in [1.807, 2.05) is 14.1 Å². The van der Waals surface area contributed by atoms with Gasteiger partial charge in [0.15, 0.2) is 23.4 Å². The molecular weight excluding hydrogens is 515 g/mol. The Balaban J connectivity index is 4.52. The van der Waals surface area contributed by atoms with Crippen molar-refractivity contribution in [2.45, 2.75) is 84.2 Å². The first-order valence-corrected chi connectivity index (χ1v) is 24.5. The van der Waals surface area contributed by atoms with Crippen LogP contribution in [0, 0.1) is 0 Å². The van der Waals surface area contributed by atoms with Gasteiger partial charge in [-0.25, -0.2) is 4.79 Å². The molecule has 0 fully saturated rings. The van der Waals surface area contributed by atoms with Gasteiger partial charge in [-0.1, -0.05) is 6.58 Å². The third kappa shape index (κ3) is 17.8. The topological polar surface area (TPSA) is 83.5 Å². The fraction of sp³-hybridized carbons (Fsp3) is 0.870. The van der Waals surface area contributed by atoms with Crippen molar-refractivity contribution >= 4 is 39.7 Å². The second-order valence-corrected chi connectivity index (χ2v) is 28.2. The monoisotopic (exact) mass is 568 g/mol. The van der Waals surface area contributed by atoms with Gasteiger partial charge in [-0.2, -0.15) is 0 Å². The lowest BCUT2D eigenvalue weighted by molar-refractivity contribution is -0.908. The Morgan fingerprint density at radius 3 is 1.74 bits per heavy atom. The van der Waals surface area contributed by atoms with Crippen molar-refractivity contribution in [1.82, 2.24) is 0 Å². The second-order valence-electron chi connectivity index (χ2n) is 12.2. The summed E-state index contributed by atoms with van der Waals surface area (Å²) in [6, 6.07) is 2.02. The standard InChI is InChI=1S/C23H54NO7Si4/c1-22(2)23(26)28-18-17-27-16-14-20-33(7,8)30-35(11,12)31-34(9,10)29-32(5,6)19-13-15-24(3,4)21-25/h25H,1,13-21H2,2-12H3/q+1. The Morgan fingerprint density at radius 2 is 1.29 bits per heavy atom. The number of aliphatic hydroxyl groups excluding tert-OH is 1. The van der Waals surface area contributed by atoms with Crippen molar-refractivity contribution in [3.63, 3.8) is 0 Å². The van der Waals surface area contributed by atoms with Crippen molar-refractivity contribution in [3.05, 3.63) is 12.2 Å². The van der Waals surface area contributed by atoms with E-state index in [0.29, 0.717) is 23.3 Å². The summed E-state index contributed by atoms with van der Waals surface area (Å²) in [7, 11) is -4.46. The zero-order valence-corrected chi connectivity index (χ0v) is 28.4. The van der Waals surface area contributed by atoms with Gasteiger partial charge in [-0.05, 0) is 84.2 Å².